The van der Waals surface area contributed by atoms with Crippen LogP contribution in [0.5, 0.6) is 5.75 Å². The van der Waals surface area contributed by atoms with Crippen molar-refractivity contribution in [3.63, 3.8) is 0 Å². The van der Waals surface area contributed by atoms with Gasteiger partial charge in [0.25, 0.3) is 0 Å². The number of nitrogens with two attached hydrogens (primary N) is 1. The molecule has 1 aromatic rings. The van der Waals surface area contributed by atoms with Gasteiger partial charge in [-0.25, -0.2) is 0 Å². The number of hydrogen-bond acceptors (Lipinski definition) is 4. The van der Waals surface area contributed by atoms with E-state index in [0.29, 0.717) is 23.4 Å². The van der Waals surface area contributed by atoms with Crippen LogP contribution in [-0.4, -0.2) is 35.1 Å². The van der Waals surface area contributed by atoms with Gasteiger partial charge >= 0.3 is 0 Å². The van der Waals surface area contributed by atoms with Crippen molar-refractivity contribution in [1.82, 2.24) is 4.90 Å². The maximum atomic E-state index is 8.90. The molecule has 1 aromatic carbocycles. The lowest BCUT2D eigenvalue weighted by Crippen LogP contribution is -2.33. The van der Waals surface area contributed by atoms with Gasteiger partial charge in [-0.15, -0.1) is 0 Å². The van der Waals surface area contributed by atoms with Crippen molar-refractivity contribution in [1.29, 1.82) is 0 Å². The van der Waals surface area contributed by atoms with Gasteiger partial charge in [-0.3, -0.25) is 4.90 Å². The Hall–Kier alpha value is -1.75. The van der Waals surface area contributed by atoms with Crippen molar-refractivity contribution in [3.05, 3.63) is 29.3 Å². The van der Waals surface area contributed by atoms with Crippen LogP contribution in [0.15, 0.2) is 23.4 Å². The third-order valence-electron chi connectivity index (χ3n) is 4.44. The van der Waals surface area contributed by atoms with Crippen LogP contribution >= 0.6 is 0 Å². The standard InChI is InChI=1S/C16H25N3O2/c1-4-13-7-5-11(2)19(13)10-12-6-8-15(21-3)14(9-12)16(17)18-20/h6,8-9,11,13,20H,4-5,7,10H2,1-3H3,(H2,17,18). The van der Waals surface area contributed by atoms with E-state index in [-0.39, 0.29) is 5.84 Å². The van der Waals surface area contributed by atoms with E-state index in [2.05, 4.69) is 23.9 Å². The number of methoxy groups -OCH3 is 1. The smallest absolute Gasteiger partial charge is 0.173 e. The highest BCUT2D eigenvalue weighted by molar-refractivity contribution is 5.99. The van der Waals surface area contributed by atoms with E-state index in [1.165, 1.54) is 19.3 Å². The Balaban J connectivity index is 2.24. The van der Waals surface area contributed by atoms with Crippen LogP contribution in [0.25, 0.3) is 0 Å². The lowest BCUT2D eigenvalue weighted by atomic mass is 10.1. The predicted molar refractivity (Wildman–Crippen MR) is 83.8 cm³/mol. The van der Waals surface area contributed by atoms with Crippen LogP contribution in [0.1, 0.15) is 44.2 Å². The first-order valence-electron chi connectivity index (χ1n) is 7.51. The molecule has 0 aliphatic carbocycles. The molecule has 0 radical (unpaired) electrons. The number of oxime groups is 1. The molecule has 3 N–H and O–H groups in total. The summed E-state index contributed by atoms with van der Waals surface area (Å²) in [7, 11) is 1.58. The summed E-state index contributed by atoms with van der Waals surface area (Å²) in [5.74, 6) is 0.700. The van der Waals surface area contributed by atoms with Gasteiger partial charge < -0.3 is 15.7 Å². The molecular formula is C16H25N3O2. The number of benzene rings is 1. The molecule has 1 fully saturated rings. The molecule has 0 saturated carbocycles. The van der Waals surface area contributed by atoms with Gasteiger partial charge in [-0.05, 0) is 43.9 Å². The van der Waals surface area contributed by atoms with Crippen LogP contribution in [0.2, 0.25) is 0 Å². The molecular weight excluding hydrogens is 266 g/mol. The van der Waals surface area contributed by atoms with Crippen LogP contribution < -0.4 is 10.5 Å². The van der Waals surface area contributed by atoms with Crippen molar-refractivity contribution in [2.45, 2.75) is 51.7 Å². The highest BCUT2D eigenvalue weighted by Gasteiger charge is 2.29. The van der Waals surface area contributed by atoms with Crippen molar-refractivity contribution >= 4 is 5.84 Å². The Labute approximate surface area is 126 Å². The lowest BCUT2D eigenvalue weighted by molar-refractivity contribution is 0.189. The third-order valence-corrected chi connectivity index (χ3v) is 4.44. The Bertz CT molecular complexity index is 516. The third kappa shape index (κ3) is 3.29. The monoisotopic (exact) mass is 291 g/mol. The number of rotatable bonds is 5. The topological polar surface area (TPSA) is 71.1 Å². The van der Waals surface area contributed by atoms with Crippen molar-refractivity contribution in [3.8, 4) is 5.75 Å². The van der Waals surface area contributed by atoms with E-state index in [0.717, 1.165) is 12.1 Å². The average Bonchev–Trinajstić information content (AvgIpc) is 2.86. The quantitative estimate of drug-likeness (QED) is 0.378. The minimum Gasteiger partial charge on any atom is -0.496 e. The first kappa shape index (κ1) is 15.6. The second kappa shape index (κ2) is 6.80. The SMILES string of the molecule is CCC1CCC(C)N1Cc1ccc(OC)c(/C(N)=N/O)c1. The summed E-state index contributed by atoms with van der Waals surface area (Å²) in [5.41, 5.74) is 7.53. The molecule has 5 nitrogen and oxygen atoms in total. The Kier molecular flexibility index (Phi) is 5.07. The minimum absolute atomic E-state index is 0.0789. The Morgan fingerprint density at radius 3 is 2.86 bits per heavy atom. The zero-order valence-electron chi connectivity index (χ0n) is 13.0. The molecule has 0 aromatic heterocycles. The largest absolute Gasteiger partial charge is 0.496 e. The molecule has 2 atom stereocenters. The van der Waals surface area contributed by atoms with Crippen LogP contribution in [-0.2, 0) is 6.54 Å². The van der Waals surface area contributed by atoms with Crippen molar-refractivity contribution < 1.29 is 9.94 Å². The summed E-state index contributed by atoms with van der Waals surface area (Å²) in [6.07, 6.45) is 3.69. The molecule has 0 spiro atoms. The molecule has 1 saturated heterocycles. The average molecular weight is 291 g/mol. The molecule has 116 valence electrons. The van der Waals surface area contributed by atoms with Gasteiger partial charge in [-0.2, -0.15) is 0 Å². The molecule has 2 rings (SSSR count). The predicted octanol–water partition coefficient (Wildman–Crippen LogP) is 2.55. The van der Waals surface area contributed by atoms with Gasteiger partial charge in [0.1, 0.15) is 5.75 Å². The van der Waals surface area contributed by atoms with Gasteiger partial charge in [-0.1, -0.05) is 18.1 Å². The summed E-state index contributed by atoms with van der Waals surface area (Å²) in [4.78, 5) is 2.54. The minimum atomic E-state index is 0.0789. The summed E-state index contributed by atoms with van der Waals surface area (Å²) < 4.78 is 5.27. The van der Waals surface area contributed by atoms with E-state index in [1.54, 1.807) is 7.11 Å². The van der Waals surface area contributed by atoms with Crippen LogP contribution in [0.3, 0.4) is 0 Å². The van der Waals surface area contributed by atoms with Crippen LogP contribution in [0, 0.1) is 0 Å². The lowest BCUT2D eigenvalue weighted by Gasteiger charge is -2.28. The van der Waals surface area contributed by atoms with Gasteiger partial charge in [0.15, 0.2) is 5.84 Å². The highest BCUT2D eigenvalue weighted by atomic mass is 16.5. The molecule has 2 unspecified atom stereocenters. The molecule has 1 aliphatic rings. The molecule has 0 amide bonds. The first-order valence-corrected chi connectivity index (χ1v) is 7.51. The molecule has 5 heteroatoms. The fourth-order valence-corrected chi connectivity index (χ4v) is 3.17. The van der Waals surface area contributed by atoms with Crippen LogP contribution in [0.4, 0.5) is 0 Å². The van der Waals surface area contributed by atoms with Crippen molar-refractivity contribution in [2.75, 3.05) is 7.11 Å². The first-order chi connectivity index (χ1) is 10.1. The second-order valence-corrected chi connectivity index (χ2v) is 5.68. The maximum absolute atomic E-state index is 8.90. The zero-order valence-corrected chi connectivity index (χ0v) is 13.0. The Morgan fingerprint density at radius 2 is 2.24 bits per heavy atom. The van der Waals surface area contributed by atoms with E-state index in [9.17, 15) is 0 Å². The molecule has 1 heterocycles. The maximum Gasteiger partial charge on any atom is 0.173 e. The second-order valence-electron chi connectivity index (χ2n) is 5.68. The van der Waals surface area contributed by atoms with E-state index in [1.807, 2.05) is 18.2 Å². The normalized spacial score (nSPS) is 23.5. The summed E-state index contributed by atoms with van der Waals surface area (Å²) >= 11 is 0. The molecule has 21 heavy (non-hydrogen) atoms. The van der Waals surface area contributed by atoms with Crippen molar-refractivity contribution in [2.24, 2.45) is 10.9 Å². The number of ether oxygens (including phenoxy) is 1. The number of likely N-dealkylation sites (tertiary alicyclic amines) is 1. The summed E-state index contributed by atoms with van der Waals surface area (Å²) in [5, 5.41) is 12.0. The van der Waals surface area contributed by atoms with E-state index in [4.69, 9.17) is 15.7 Å². The number of amidine groups is 1. The zero-order chi connectivity index (χ0) is 15.4. The number of nitrogens with zero attached hydrogens (tertiary/aromatic N) is 2. The molecule has 1 aliphatic heterocycles. The van der Waals surface area contributed by atoms with Gasteiger partial charge in [0, 0.05) is 18.6 Å². The fraction of sp³-hybridized carbons (Fsp3) is 0.562. The van der Waals surface area contributed by atoms with Gasteiger partial charge in [0.05, 0.1) is 12.7 Å². The van der Waals surface area contributed by atoms with E-state index < -0.39 is 0 Å². The molecule has 0 bridgehead atoms. The fourth-order valence-electron chi connectivity index (χ4n) is 3.17. The Morgan fingerprint density at radius 1 is 1.48 bits per heavy atom. The van der Waals surface area contributed by atoms with E-state index >= 15 is 0 Å². The summed E-state index contributed by atoms with van der Waals surface area (Å²) in [6, 6.07) is 7.12. The highest BCUT2D eigenvalue weighted by Crippen LogP contribution is 2.29. The van der Waals surface area contributed by atoms with Gasteiger partial charge in [0.2, 0.25) is 0 Å². The summed E-state index contributed by atoms with van der Waals surface area (Å²) in [6.45, 7) is 5.41. The number of hydrogen-bond donors (Lipinski definition) is 2.